The van der Waals surface area contributed by atoms with Gasteiger partial charge in [-0.2, -0.15) is 0 Å². The molecule has 5 heteroatoms. The lowest BCUT2D eigenvalue weighted by molar-refractivity contribution is -0.121. The van der Waals surface area contributed by atoms with Crippen molar-refractivity contribution in [1.82, 2.24) is 10.3 Å². The predicted octanol–water partition coefficient (Wildman–Crippen LogP) is 4.50. The van der Waals surface area contributed by atoms with Crippen LogP contribution in [0.4, 0.5) is 0 Å². The van der Waals surface area contributed by atoms with E-state index < -0.39 is 0 Å². The number of carbonyl (C=O) groups is 1. The monoisotopic (exact) mass is 390 g/mol. The number of nitrogens with one attached hydrogen (secondary N) is 1. The molecule has 1 aliphatic rings. The lowest BCUT2D eigenvalue weighted by Crippen LogP contribution is -2.23. The van der Waals surface area contributed by atoms with Gasteiger partial charge in [-0.25, -0.2) is 4.98 Å². The van der Waals surface area contributed by atoms with Crippen LogP contribution in [0.25, 0.3) is 10.8 Å². The summed E-state index contributed by atoms with van der Waals surface area (Å²) in [4.78, 5) is 16.4. The quantitative estimate of drug-likeness (QED) is 0.518. The highest BCUT2D eigenvalue weighted by atomic mass is 16.5. The largest absolute Gasteiger partial charge is 0.493 e. The maximum absolute atomic E-state index is 12.1. The molecule has 0 atom stereocenters. The van der Waals surface area contributed by atoms with Crippen LogP contribution in [-0.4, -0.2) is 24.1 Å². The van der Waals surface area contributed by atoms with Gasteiger partial charge < -0.3 is 14.8 Å². The number of carbonyl (C=O) groups excluding carboxylic acids is 1. The van der Waals surface area contributed by atoms with Crippen molar-refractivity contribution in [2.75, 3.05) is 13.2 Å². The summed E-state index contributed by atoms with van der Waals surface area (Å²) in [6, 6.07) is 18.0. The lowest BCUT2D eigenvalue weighted by atomic mass is 10.1. The Morgan fingerprint density at radius 2 is 1.90 bits per heavy atom. The fourth-order valence-electron chi connectivity index (χ4n) is 3.11. The minimum atomic E-state index is 0.0144. The molecule has 1 amide bonds. The van der Waals surface area contributed by atoms with Crippen LogP contribution in [0, 0.1) is 5.92 Å². The summed E-state index contributed by atoms with van der Waals surface area (Å²) in [6.07, 6.45) is 5.38. The van der Waals surface area contributed by atoms with Crippen LogP contribution in [0.2, 0.25) is 0 Å². The van der Waals surface area contributed by atoms with E-state index in [0.717, 1.165) is 28.7 Å². The zero-order chi connectivity index (χ0) is 19.9. The predicted molar refractivity (Wildman–Crippen MR) is 113 cm³/mol. The van der Waals surface area contributed by atoms with Gasteiger partial charge in [-0.3, -0.25) is 4.79 Å². The molecule has 3 aromatic rings. The van der Waals surface area contributed by atoms with Gasteiger partial charge in [-0.15, -0.1) is 0 Å². The number of ether oxygens (including phenoxy) is 2. The van der Waals surface area contributed by atoms with E-state index in [2.05, 4.69) is 22.4 Å². The summed E-state index contributed by atoms with van der Waals surface area (Å²) in [7, 11) is 0. The van der Waals surface area contributed by atoms with E-state index in [1.165, 1.54) is 12.8 Å². The minimum Gasteiger partial charge on any atom is -0.493 e. The van der Waals surface area contributed by atoms with Crippen LogP contribution in [0.3, 0.4) is 0 Å². The van der Waals surface area contributed by atoms with E-state index in [0.29, 0.717) is 37.8 Å². The fraction of sp³-hybridized carbons (Fsp3) is 0.333. The van der Waals surface area contributed by atoms with Crippen LogP contribution in [0.1, 0.15) is 31.2 Å². The zero-order valence-electron chi connectivity index (χ0n) is 16.5. The molecule has 0 radical (unpaired) electrons. The van der Waals surface area contributed by atoms with Crippen molar-refractivity contribution in [2.24, 2.45) is 5.92 Å². The van der Waals surface area contributed by atoms with E-state index >= 15 is 0 Å². The van der Waals surface area contributed by atoms with Gasteiger partial charge in [0, 0.05) is 30.6 Å². The van der Waals surface area contributed by atoms with E-state index in [1.54, 1.807) is 6.20 Å². The topological polar surface area (TPSA) is 60.5 Å². The number of aromatic nitrogens is 1. The Balaban J connectivity index is 1.15. The molecule has 0 spiro atoms. The number of nitrogens with zero attached hydrogens (tertiary/aromatic N) is 1. The smallest absolute Gasteiger partial charge is 0.220 e. The number of pyridine rings is 1. The summed E-state index contributed by atoms with van der Waals surface area (Å²) < 4.78 is 11.5. The van der Waals surface area contributed by atoms with Crippen LogP contribution in [0.5, 0.6) is 11.6 Å². The number of fused-ring (bicyclic) bond motifs is 1. The van der Waals surface area contributed by atoms with E-state index in [1.807, 2.05) is 42.5 Å². The van der Waals surface area contributed by atoms with E-state index in [4.69, 9.17) is 9.47 Å². The van der Waals surface area contributed by atoms with Gasteiger partial charge in [-0.1, -0.05) is 42.5 Å². The van der Waals surface area contributed by atoms with Crippen molar-refractivity contribution in [3.05, 3.63) is 66.4 Å². The number of rotatable bonds is 10. The van der Waals surface area contributed by atoms with Crippen molar-refractivity contribution >= 4 is 16.7 Å². The minimum absolute atomic E-state index is 0.0144. The standard InChI is InChI=1S/C24H26N2O3/c27-23(25-15-19-12-13-24(26-16-19)29-17-18-10-11-18)9-4-14-28-22-8-3-6-20-5-1-2-7-21(20)22/h1-3,5-8,12-13,16,18H,4,9-11,14-15,17H2,(H,25,27). The molecule has 0 aliphatic heterocycles. The second-order valence-corrected chi connectivity index (χ2v) is 7.47. The highest BCUT2D eigenvalue weighted by molar-refractivity contribution is 5.88. The van der Waals surface area contributed by atoms with Gasteiger partial charge in [0.1, 0.15) is 5.75 Å². The maximum atomic E-state index is 12.1. The van der Waals surface area contributed by atoms with Crippen molar-refractivity contribution in [3.63, 3.8) is 0 Å². The van der Waals surface area contributed by atoms with Crippen LogP contribution in [-0.2, 0) is 11.3 Å². The SMILES string of the molecule is O=C(CCCOc1cccc2ccccc12)NCc1ccc(OCC2CC2)nc1. The van der Waals surface area contributed by atoms with Crippen molar-refractivity contribution in [1.29, 1.82) is 0 Å². The van der Waals surface area contributed by atoms with Gasteiger partial charge in [0.2, 0.25) is 11.8 Å². The normalized spacial score (nSPS) is 13.2. The molecule has 1 aliphatic carbocycles. The molecule has 1 fully saturated rings. The number of hydrogen-bond donors (Lipinski definition) is 1. The number of hydrogen-bond acceptors (Lipinski definition) is 4. The molecule has 29 heavy (non-hydrogen) atoms. The van der Waals surface area contributed by atoms with E-state index in [9.17, 15) is 4.79 Å². The molecule has 1 aromatic heterocycles. The molecule has 2 aromatic carbocycles. The molecular formula is C24H26N2O3. The molecule has 5 nitrogen and oxygen atoms in total. The molecular weight excluding hydrogens is 364 g/mol. The first-order valence-corrected chi connectivity index (χ1v) is 10.2. The molecule has 1 N–H and O–H groups in total. The molecule has 0 bridgehead atoms. The maximum Gasteiger partial charge on any atom is 0.220 e. The summed E-state index contributed by atoms with van der Waals surface area (Å²) >= 11 is 0. The van der Waals surface area contributed by atoms with Gasteiger partial charge in [-0.05, 0) is 42.2 Å². The van der Waals surface area contributed by atoms with E-state index in [-0.39, 0.29) is 5.91 Å². The molecule has 0 unspecified atom stereocenters. The van der Waals surface area contributed by atoms with Gasteiger partial charge in [0.25, 0.3) is 0 Å². The molecule has 4 rings (SSSR count). The first-order valence-electron chi connectivity index (χ1n) is 10.2. The molecule has 0 saturated heterocycles. The second-order valence-electron chi connectivity index (χ2n) is 7.47. The Morgan fingerprint density at radius 1 is 1.03 bits per heavy atom. The average Bonchev–Trinajstić information content (AvgIpc) is 3.59. The fourth-order valence-corrected chi connectivity index (χ4v) is 3.11. The summed E-state index contributed by atoms with van der Waals surface area (Å²) in [5.41, 5.74) is 0.962. The van der Waals surface area contributed by atoms with Gasteiger partial charge in [0.15, 0.2) is 0 Å². The molecule has 150 valence electrons. The lowest BCUT2D eigenvalue weighted by Gasteiger charge is -2.10. The van der Waals surface area contributed by atoms with Gasteiger partial charge >= 0.3 is 0 Å². The Labute approximate surface area is 171 Å². The Bertz CT molecular complexity index is 947. The van der Waals surface area contributed by atoms with Gasteiger partial charge in [0.05, 0.1) is 13.2 Å². The highest BCUT2D eigenvalue weighted by Gasteiger charge is 2.22. The van der Waals surface area contributed by atoms with Crippen LogP contribution < -0.4 is 14.8 Å². The Morgan fingerprint density at radius 3 is 2.72 bits per heavy atom. The van der Waals surface area contributed by atoms with Crippen LogP contribution >= 0.6 is 0 Å². The molecule has 1 saturated carbocycles. The number of amides is 1. The first-order chi connectivity index (χ1) is 14.3. The summed E-state index contributed by atoms with van der Waals surface area (Å²) in [5.74, 6) is 2.23. The summed E-state index contributed by atoms with van der Waals surface area (Å²) in [6.45, 7) is 1.73. The van der Waals surface area contributed by atoms with Crippen molar-refractivity contribution in [3.8, 4) is 11.6 Å². The third kappa shape index (κ3) is 5.70. The zero-order valence-corrected chi connectivity index (χ0v) is 16.5. The van der Waals surface area contributed by atoms with Crippen molar-refractivity contribution in [2.45, 2.75) is 32.2 Å². The highest BCUT2D eigenvalue weighted by Crippen LogP contribution is 2.29. The van der Waals surface area contributed by atoms with Crippen LogP contribution in [0.15, 0.2) is 60.8 Å². The molecule has 1 heterocycles. The average molecular weight is 390 g/mol. The second kappa shape index (κ2) is 9.41. The summed E-state index contributed by atoms with van der Waals surface area (Å²) in [5, 5.41) is 5.18. The third-order valence-corrected chi connectivity index (χ3v) is 5.01. The van der Waals surface area contributed by atoms with Crippen molar-refractivity contribution < 1.29 is 14.3 Å². The first kappa shape index (κ1) is 19.2. The third-order valence-electron chi connectivity index (χ3n) is 5.01. The Hall–Kier alpha value is -3.08. The number of benzene rings is 2. The Kier molecular flexibility index (Phi) is 6.25.